The van der Waals surface area contributed by atoms with Crippen molar-refractivity contribution in [1.82, 2.24) is 19.4 Å². The van der Waals surface area contributed by atoms with Crippen LogP contribution in [0.25, 0.3) is 0 Å². The van der Waals surface area contributed by atoms with E-state index in [0.717, 1.165) is 51.5 Å². The number of nitrogens with zero attached hydrogens (tertiary/aromatic N) is 4. The average Bonchev–Trinajstić information content (AvgIpc) is 3.30. The van der Waals surface area contributed by atoms with E-state index in [1.54, 1.807) is 0 Å². The van der Waals surface area contributed by atoms with Gasteiger partial charge in [-0.15, -0.1) is 0 Å². The number of imidazole rings is 1. The minimum absolute atomic E-state index is 0.292. The first-order valence-corrected chi connectivity index (χ1v) is 9.76. The summed E-state index contributed by atoms with van der Waals surface area (Å²) in [5, 5.41) is 10.00. The molecular formula is C19H30N4O2. The molecule has 0 spiro atoms. The standard InChI is InChI=1S/C19H30N4O2/c1-15-20-7-10-22(15)9-4-8-21-11-16-12-23(17-5-2-3-6-17)14-19(16,13-21)18(24)25/h7,10,16-17H,2-6,8-9,11-14H2,1H3,(H,24,25)/t16-,19-/m0/s1. The maximum Gasteiger partial charge on any atom is 0.312 e. The summed E-state index contributed by atoms with van der Waals surface area (Å²) in [6.07, 6.45) is 10.1. The lowest BCUT2D eigenvalue weighted by Crippen LogP contribution is -2.42. The highest BCUT2D eigenvalue weighted by Gasteiger charge is 2.58. The molecule has 6 nitrogen and oxygen atoms in total. The summed E-state index contributed by atoms with van der Waals surface area (Å²) in [7, 11) is 0. The number of carboxylic acids is 1. The van der Waals surface area contributed by atoms with Gasteiger partial charge in [-0.3, -0.25) is 9.69 Å². The van der Waals surface area contributed by atoms with Gasteiger partial charge in [0.2, 0.25) is 0 Å². The van der Waals surface area contributed by atoms with Gasteiger partial charge < -0.3 is 14.6 Å². The number of aryl methyl sites for hydroxylation is 2. The molecule has 3 aliphatic rings. The van der Waals surface area contributed by atoms with E-state index in [1.807, 2.05) is 19.3 Å². The zero-order valence-electron chi connectivity index (χ0n) is 15.2. The first kappa shape index (κ1) is 17.0. The molecule has 3 fully saturated rings. The number of aliphatic carboxylic acids is 1. The summed E-state index contributed by atoms with van der Waals surface area (Å²) in [4.78, 5) is 21.3. The van der Waals surface area contributed by atoms with Crippen LogP contribution in [0.2, 0.25) is 0 Å². The predicted octanol–water partition coefficient (Wildman–Crippen LogP) is 1.84. The molecule has 3 heterocycles. The van der Waals surface area contributed by atoms with Gasteiger partial charge in [-0.25, -0.2) is 4.98 Å². The molecule has 0 unspecified atom stereocenters. The number of carboxylic acid groups (broad SMARTS) is 1. The normalized spacial score (nSPS) is 31.0. The Kier molecular flexibility index (Phi) is 4.58. The molecular weight excluding hydrogens is 316 g/mol. The smallest absolute Gasteiger partial charge is 0.312 e. The molecule has 2 saturated heterocycles. The van der Waals surface area contributed by atoms with Crippen molar-refractivity contribution < 1.29 is 9.90 Å². The first-order chi connectivity index (χ1) is 12.1. The third kappa shape index (κ3) is 3.10. The molecule has 1 aromatic rings. The summed E-state index contributed by atoms with van der Waals surface area (Å²) in [6, 6.07) is 0.638. The molecule has 0 aromatic carbocycles. The Bertz CT molecular complexity index is 625. The predicted molar refractivity (Wildman–Crippen MR) is 95.4 cm³/mol. The van der Waals surface area contributed by atoms with Crippen LogP contribution in [-0.4, -0.2) is 69.2 Å². The van der Waals surface area contributed by atoms with Crippen LogP contribution < -0.4 is 0 Å². The fourth-order valence-electron chi connectivity index (χ4n) is 5.33. The van der Waals surface area contributed by atoms with Crippen LogP contribution in [0.15, 0.2) is 12.4 Å². The van der Waals surface area contributed by atoms with Crippen LogP contribution in [0.1, 0.15) is 37.9 Å². The first-order valence-electron chi connectivity index (χ1n) is 9.76. The van der Waals surface area contributed by atoms with E-state index in [4.69, 9.17) is 0 Å². The second-order valence-electron chi connectivity index (χ2n) is 8.28. The fraction of sp³-hybridized carbons (Fsp3) is 0.789. The van der Waals surface area contributed by atoms with Gasteiger partial charge in [0.05, 0.1) is 5.41 Å². The van der Waals surface area contributed by atoms with Gasteiger partial charge in [0, 0.05) is 57.1 Å². The lowest BCUT2D eigenvalue weighted by molar-refractivity contribution is -0.149. The van der Waals surface area contributed by atoms with Crippen molar-refractivity contribution in [2.24, 2.45) is 11.3 Å². The highest BCUT2D eigenvalue weighted by molar-refractivity contribution is 5.77. The minimum Gasteiger partial charge on any atom is -0.481 e. The SMILES string of the molecule is Cc1nccn1CCCN1C[C@H]2CN(C3CCCC3)C[C@@]2(C(=O)O)C1. The quantitative estimate of drug-likeness (QED) is 0.852. The number of hydrogen-bond acceptors (Lipinski definition) is 4. The molecule has 1 N–H and O–H groups in total. The highest BCUT2D eigenvalue weighted by Crippen LogP contribution is 2.45. The van der Waals surface area contributed by atoms with E-state index in [-0.39, 0.29) is 0 Å². The number of carbonyl (C=O) groups is 1. The maximum atomic E-state index is 12.2. The van der Waals surface area contributed by atoms with Crippen LogP contribution in [0.5, 0.6) is 0 Å². The molecule has 1 aliphatic carbocycles. The van der Waals surface area contributed by atoms with Gasteiger partial charge in [-0.1, -0.05) is 12.8 Å². The Balaban J connectivity index is 1.34. The summed E-state index contributed by atoms with van der Waals surface area (Å²) in [5.41, 5.74) is -0.534. The molecule has 25 heavy (non-hydrogen) atoms. The topological polar surface area (TPSA) is 61.6 Å². The van der Waals surface area contributed by atoms with E-state index in [1.165, 1.54) is 25.7 Å². The largest absolute Gasteiger partial charge is 0.481 e. The third-order valence-electron chi connectivity index (χ3n) is 6.77. The molecule has 2 atom stereocenters. The van der Waals surface area contributed by atoms with Crippen LogP contribution in [0.4, 0.5) is 0 Å². The van der Waals surface area contributed by atoms with Gasteiger partial charge in [-0.05, 0) is 32.7 Å². The van der Waals surface area contributed by atoms with Crippen molar-refractivity contribution in [2.45, 2.75) is 51.6 Å². The molecule has 1 aromatic heterocycles. The monoisotopic (exact) mass is 346 g/mol. The van der Waals surface area contributed by atoms with Crippen LogP contribution in [-0.2, 0) is 11.3 Å². The average molecular weight is 346 g/mol. The fourth-order valence-corrected chi connectivity index (χ4v) is 5.33. The van der Waals surface area contributed by atoms with Crippen molar-refractivity contribution >= 4 is 5.97 Å². The Hall–Kier alpha value is -1.40. The van der Waals surface area contributed by atoms with Crippen molar-refractivity contribution in [2.75, 3.05) is 32.7 Å². The highest BCUT2D eigenvalue weighted by atomic mass is 16.4. The molecule has 0 bridgehead atoms. The number of rotatable bonds is 6. The number of aromatic nitrogens is 2. The van der Waals surface area contributed by atoms with Gasteiger partial charge in [-0.2, -0.15) is 0 Å². The van der Waals surface area contributed by atoms with Crippen molar-refractivity contribution in [3.63, 3.8) is 0 Å². The van der Waals surface area contributed by atoms with E-state index in [2.05, 4.69) is 19.4 Å². The number of likely N-dealkylation sites (tertiary alicyclic amines) is 2. The Labute approximate surface area is 149 Å². The molecule has 6 heteroatoms. The summed E-state index contributed by atoms with van der Waals surface area (Å²) < 4.78 is 2.17. The van der Waals surface area contributed by atoms with Crippen LogP contribution >= 0.6 is 0 Å². The molecule has 1 saturated carbocycles. The van der Waals surface area contributed by atoms with Gasteiger partial charge >= 0.3 is 5.97 Å². The Morgan fingerprint density at radius 1 is 1.28 bits per heavy atom. The lowest BCUT2D eigenvalue weighted by atomic mass is 9.81. The lowest BCUT2D eigenvalue weighted by Gasteiger charge is -2.28. The van der Waals surface area contributed by atoms with Gasteiger partial charge in [0.1, 0.15) is 5.82 Å². The maximum absolute atomic E-state index is 12.2. The summed E-state index contributed by atoms with van der Waals surface area (Å²) >= 11 is 0. The van der Waals surface area contributed by atoms with Crippen LogP contribution in [0.3, 0.4) is 0 Å². The molecule has 138 valence electrons. The van der Waals surface area contributed by atoms with E-state index < -0.39 is 11.4 Å². The van der Waals surface area contributed by atoms with E-state index in [0.29, 0.717) is 12.0 Å². The van der Waals surface area contributed by atoms with Crippen molar-refractivity contribution in [3.05, 3.63) is 18.2 Å². The van der Waals surface area contributed by atoms with E-state index in [9.17, 15) is 9.90 Å². The van der Waals surface area contributed by atoms with Gasteiger partial charge in [0.25, 0.3) is 0 Å². The van der Waals surface area contributed by atoms with Gasteiger partial charge in [0.15, 0.2) is 0 Å². The molecule has 4 rings (SSSR count). The third-order valence-corrected chi connectivity index (χ3v) is 6.77. The molecule has 0 amide bonds. The second kappa shape index (κ2) is 6.72. The van der Waals surface area contributed by atoms with Crippen molar-refractivity contribution in [1.29, 1.82) is 0 Å². The summed E-state index contributed by atoms with van der Waals surface area (Å²) in [5.74, 6) is 0.763. The number of fused-ring (bicyclic) bond motifs is 1. The zero-order chi connectivity index (χ0) is 17.4. The molecule has 0 radical (unpaired) electrons. The summed E-state index contributed by atoms with van der Waals surface area (Å²) in [6.45, 7) is 7.37. The van der Waals surface area contributed by atoms with Crippen molar-refractivity contribution in [3.8, 4) is 0 Å². The Morgan fingerprint density at radius 2 is 2.08 bits per heavy atom. The zero-order valence-corrected chi connectivity index (χ0v) is 15.2. The van der Waals surface area contributed by atoms with Crippen LogP contribution in [0, 0.1) is 18.3 Å². The molecule has 2 aliphatic heterocycles. The minimum atomic E-state index is -0.578. The van der Waals surface area contributed by atoms with E-state index >= 15 is 0 Å². The number of hydrogen-bond donors (Lipinski definition) is 1. The Morgan fingerprint density at radius 3 is 2.72 bits per heavy atom. The second-order valence-corrected chi connectivity index (χ2v) is 8.28.